The monoisotopic (exact) mass is 284 g/mol. The molecule has 20 heavy (non-hydrogen) atoms. The van der Waals surface area contributed by atoms with Gasteiger partial charge >= 0.3 is 12.0 Å². The van der Waals surface area contributed by atoms with Crippen molar-refractivity contribution in [2.45, 2.75) is 24.5 Å². The van der Waals surface area contributed by atoms with Gasteiger partial charge in [-0.05, 0) is 0 Å². The number of nitrogens with zero attached hydrogens (tertiary/aromatic N) is 2. The van der Waals surface area contributed by atoms with Crippen molar-refractivity contribution >= 4 is 5.97 Å². The van der Waals surface area contributed by atoms with E-state index in [2.05, 4.69) is 9.72 Å². The number of carbonyl (C=O) groups excluding carboxylic acids is 1. The lowest BCUT2D eigenvalue weighted by molar-refractivity contribution is -0.0443. The molecule has 2 N–H and O–H groups in total. The average Bonchev–Trinajstić information content (AvgIpc) is 2.93. The van der Waals surface area contributed by atoms with Crippen LogP contribution in [0, 0.1) is 0 Å². The van der Waals surface area contributed by atoms with Crippen molar-refractivity contribution in [3.8, 4) is 6.01 Å². The van der Waals surface area contributed by atoms with E-state index in [0.29, 0.717) is 0 Å². The average molecular weight is 284 g/mol. The molecule has 3 rings (SSSR count). The highest BCUT2D eigenvalue weighted by atomic mass is 16.6. The highest BCUT2D eigenvalue weighted by Gasteiger charge is 2.52. The predicted molar refractivity (Wildman–Crippen MR) is 61.3 cm³/mol. The van der Waals surface area contributed by atoms with Crippen LogP contribution in [-0.2, 0) is 9.47 Å². The molecule has 1 fully saturated rings. The van der Waals surface area contributed by atoms with Gasteiger partial charge in [-0.3, -0.25) is 9.36 Å². The minimum absolute atomic E-state index is 0.0826. The third-order valence-corrected chi connectivity index (χ3v) is 3.31. The van der Waals surface area contributed by atoms with Crippen LogP contribution >= 0.6 is 0 Å². The number of ether oxygens (including phenoxy) is 3. The van der Waals surface area contributed by atoms with Crippen molar-refractivity contribution in [2.75, 3.05) is 13.7 Å². The van der Waals surface area contributed by atoms with E-state index in [1.807, 2.05) is 0 Å². The Labute approximate surface area is 112 Å². The molecule has 1 aromatic rings. The maximum Gasteiger partial charge on any atom is 0.355 e. The van der Waals surface area contributed by atoms with E-state index in [9.17, 15) is 14.7 Å². The fraction of sp³-hybridized carbons (Fsp3) is 0.545. The standard InChI is InChI=1S/C11H12N2O7/c1-18-10(17)4-2-6(15)12-11-13(4)9-8(20-11)7(16)5(3-14)19-9/h2,5,7-9,14,16H,3H2,1H3/t5-,7+,8-,9-/m1/s1. The number of aromatic nitrogens is 2. The molecule has 0 radical (unpaired) electrons. The van der Waals surface area contributed by atoms with Crippen molar-refractivity contribution < 1.29 is 29.2 Å². The van der Waals surface area contributed by atoms with Crippen molar-refractivity contribution in [2.24, 2.45) is 0 Å². The molecule has 0 unspecified atom stereocenters. The van der Waals surface area contributed by atoms with Crippen molar-refractivity contribution in [1.29, 1.82) is 0 Å². The lowest BCUT2D eigenvalue weighted by Crippen LogP contribution is -2.34. The Morgan fingerprint density at radius 1 is 1.60 bits per heavy atom. The van der Waals surface area contributed by atoms with E-state index < -0.39 is 42.7 Å². The Balaban J connectivity index is 2.09. The van der Waals surface area contributed by atoms with E-state index in [1.165, 1.54) is 11.7 Å². The molecule has 1 aromatic heterocycles. The molecule has 0 saturated carbocycles. The minimum Gasteiger partial charge on any atom is -0.464 e. The van der Waals surface area contributed by atoms with Crippen LogP contribution in [0.5, 0.6) is 6.01 Å². The molecule has 108 valence electrons. The van der Waals surface area contributed by atoms with Gasteiger partial charge in [-0.1, -0.05) is 0 Å². The van der Waals surface area contributed by atoms with Crippen LogP contribution in [0.25, 0.3) is 0 Å². The lowest BCUT2D eigenvalue weighted by Gasteiger charge is -2.15. The van der Waals surface area contributed by atoms with Gasteiger partial charge in [-0.2, -0.15) is 4.98 Å². The van der Waals surface area contributed by atoms with Gasteiger partial charge < -0.3 is 24.4 Å². The first-order chi connectivity index (χ1) is 9.56. The van der Waals surface area contributed by atoms with Gasteiger partial charge in [-0.25, -0.2) is 4.79 Å². The highest BCUT2D eigenvalue weighted by molar-refractivity contribution is 5.87. The Morgan fingerprint density at radius 3 is 3.00 bits per heavy atom. The summed E-state index contributed by atoms with van der Waals surface area (Å²) in [6.45, 7) is -0.395. The van der Waals surface area contributed by atoms with Crippen LogP contribution in [0.1, 0.15) is 16.7 Å². The predicted octanol–water partition coefficient (Wildman–Crippen LogP) is -1.96. The second-order valence-corrected chi connectivity index (χ2v) is 4.44. The van der Waals surface area contributed by atoms with Crippen molar-refractivity contribution in [3.63, 3.8) is 0 Å². The number of hydrogen-bond acceptors (Lipinski definition) is 8. The normalized spacial score (nSPS) is 30.6. The zero-order valence-electron chi connectivity index (χ0n) is 10.4. The second kappa shape index (κ2) is 4.54. The maximum absolute atomic E-state index is 11.7. The summed E-state index contributed by atoms with van der Waals surface area (Å²) in [5.74, 6) is -0.750. The number of fused-ring (bicyclic) bond motifs is 3. The molecule has 4 atom stereocenters. The van der Waals surface area contributed by atoms with Gasteiger partial charge in [0.05, 0.1) is 13.7 Å². The number of methoxy groups -OCH3 is 1. The van der Waals surface area contributed by atoms with Crippen LogP contribution in [-0.4, -0.2) is 57.8 Å². The molecule has 9 nitrogen and oxygen atoms in total. The Bertz CT molecular complexity index is 613. The molecule has 3 heterocycles. The largest absolute Gasteiger partial charge is 0.464 e. The van der Waals surface area contributed by atoms with Crippen molar-refractivity contribution in [1.82, 2.24) is 9.55 Å². The number of aliphatic hydroxyl groups is 2. The number of esters is 1. The van der Waals surface area contributed by atoms with Crippen LogP contribution < -0.4 is 10.3 Å². The highest BCUT2D eigenvalue weighted by Crippen LogP contribution is 2.39. The van der Waals surface area contributed by atoms with Crippen LogP contribution in [0.15, 0.2) is 10.9 Å². The second-order valence-electron chi connectivity index (χ2n) is 4.44. The molecular weight excluding hydrogens is 272 g/mol. The molecule has 0 aromatic carbocycles. The Kier molecular flexibility index (Phi) is 2.96. The summed E-state index contributed by atoms with van der Waals surface area (Å²) in [6.07, 6.45) is -3.61. The fourth-order valence-electron chi connectivity index (χ4n) is 2.39. The van der Waals surface area contributed by atoms with Gasteiger partial charge in [-0.15, -0.1) is 0 Å². The summed E-state index contributed by atoms with van der Waals surface area (Å²) in [5, 5.41) is 19.0. The molecule has 0 amide bonds. The number of aliphatic hydroxyl groups excluding tert-OH is 2. The maximum atomic E-state index is 11.7. The van der Waals surface area contributed by atoms with E-state index in [4.69, 9.17) is 14.6 Å². The number of carbonyl (C=O) groups is 1. The van der Waals surface area contributed by atoms with Gasteiger partial charge in [0.15, 0.2) is 12.3 Å². The van der Waals surface area contributed by atoms with E-state index >= 15 is 0 Å². The molecule has 0 spiro atoms. The third kappa shape index (κ3) is 1.71. The summed E-state index contributed by atoms with van der Waals surface area (Å²) in [7, 11) is 1.17. The lowest BCUT2D eigenvalue weighted by atomic mass is 10.1. The zero-order valence-corrected chi connectivity index (χ0v) is 10.4. The molecule has 0 aliphatic carbocycles. The zero-order chi connectivity index (χ0) is 14.4. The topological polar surface area (TPSA) is 120 Å². The first kappa shape index (κ1) is 13.0. The molecule has 1 saturated heterocycles. The number of rotatable bonds is 2. The first-order valence-corrected chi connectivity index (χ1v) is 5.89. The van der Waals surface area contributed by atoms with Crippen LogP contribution in [0.3, 0.4) is 0 Å². The summed E-state index contributed by atoms with van der Waals surface area (Å²) in [6, 6.07) is 0.881. The molecule has 9 heteroatoms. The van der Waals surface area contributed by atoms with Crippen LogP contribution in [0.4, 0.5) is 0 Å². The Hall–Kier alpha value is -1.97. The SMILES string of the molecule is COC(=O)c1cc(=O)nc2n1[C@@H]1O[C@H](CO)[C@H](O)[C@H]1O2. The van der Waals surface area contributed by atoms with E-state index in [0.717, 1.165) is 6.07 Å². The summed E-state index contributed by atoms with van der Waals surface area (Å²) in [5.41, 5.74) is -0.745. The molecule has 2 aliphatic heterocycles. The molecular formula is C11H12N2O7. The van der Waals surface area contributed by atoms with Crippen molar-refractivity contribution in [3.05, 3.63) is 22.1 Å². The van der Waals surface area contributed by atoms with Gasteiger partial charge in [0, 0.05) is 6.07 Å². The van der Waals surface area contributed by atoms with E-state index in [1.54, 1.807) is 0 Å². The molecule has 2 aliphatic rings. The minimum atomic E-state index is -1.09. The smallest absolute Gasteiger partial charge is 0.355 e. The summed E-state index contributed by atoms with van der Waals surface area (Å²) < 4.78 is 16.6. The van der Waals surface area contributed by atoms with Gasteiger partial charge in [0.2, 0.25) is 0 Å². The van der Waals surface area contributed by atoms with Crippen LogP contribution in [0.2, 0.25) is 0 Å². The van der Waals surface area contributed by atoms with Gasteiger partial charge in [0.1, 0.15) is 17.9 Å². The summed E-state index contributed by atoms with van der Waals surface area (Å²) >= 11 is 0. The van der Waals surface area contributed by atoms with E-state index in [-0.39, 0.29) is 11.7 Å². The third-order valence-electron chi connectivity index (χ3n) is 3.31. The molecule has 0 bridgehead atoms. The first-order valence-electron chi connectivity index (χ1n) is 5.89. The Morgan fingerprint density at radius 2 is 2.35 bits per heavy atom. The van der Waals surface area contributed by atoms with Gasteiger partial charge in [0.25, 0.3) is 5.56 Å². The fourth-order valence-corrected chi connectivity index (χ4v) is 2.39. The number of hydrogen-bond donors (Lipinski definition) is 2. The summed E-state index contributed by atoms with van der Waals surface area (Å²) in [4.78, 5) is 26.8. The quantitative estimate of drug-likeness (QED) is 0.601.